The second-order valence-electron chi connectivity index (χ2n) is 5.47. The van der Waals surface area contributed by atoms with E-state index in [0.717, 1.165) is 12.5 Å². The standard InChI is InChI=1S/C17H17FN4O2/c1-2-5-14(16-21-20-15-6-3-4-9-22(15)16)19-17(24)12-8-7-11(23)10-13(12)18/h3-4,6-10,14,23H,2,5H2,1H3,(H,19,24). The predicted molar refractivity (Wildman–Crippen MR) is 86.2 cm³/mol. The molecule has 3 aromatic rings. The zero-order valence-electron chi connectivity index (χ0n) is 13.1. The van der Waals surface area contributed by atoms with Crippen molar-refractivity contribution in [2.75, 3.05) is 0 Å². The van der Waals surface area contributed by atoms with E-state index >= 15 is 0 Å². The third kappa shape index (κ3) is 3.05. The minimum Gasteiger partial charge on any atom is -0.508 e. The Bertz CT molecular complexity index is 878. The summed E-state index contributed by atoms with van der Waals surface area (Å²) in [6.07, 6.45) is 3.27. The SMILES string of the molecule is CCCC(NC(=O)c1ccc(O)cc1F)c1nnc2ccccn12. The minimum absolute atomic E-state index is 0.122. The van der Waals surface area contributed by atoms with Crippen LogP contribution in [0.1, 0.15) is 42.0 Å². The molecule has 0 fully saturated rings. The molecule has 0 aliphatic heterocycles. The number of hydrogen-bond donors (Lipinski definition) is 2. The molecule has 0 aliphatic carbocycles. The molecule has 1 unspecified atom stereocenters. The van der Waals surface area contributed by atoms with E-state index in [9.17, 15) is 14.3 Å². The summed E-state index contributed by atoms with van der Waals surface area (Å²) in [5, 5.41) is 20.3. The van der Waals surface area contributed by atoms with Crippen molar-refractivity contribution >= 4 is 11.6 Å². The number of fused-ring (bicyclic) bond motifs is 1. The molecule has 0 saturated carbocycles. The van der Waals surface area contributed by atoms with Crippen LogP contribution in [0.3, 0.4) is 0 Å². The summed E-state index contributed by atoms with van der Waals surface area (Å²) in [7, 11) is 0. The van der Waals surface area contributed by atoms with Crippen LogP contribution in [0, 0.1) is 5.82 Å². The number of aromatic hydroxyl groups is 1. The van der Waals surface area contributed by atoms with Crippen molar-refractivity contribution in [2.45, 2.75) is 25.8 Å². The molecule has 6 nitrogen and oxygen atoms in total. The average Bonchev–Trinajstić information content (AvgIpc) is 2.98. The van der Waals surface area contributed by atoms with Crippen LogP contribution in [0.2, 0.25) is 0 Å². The van der Waals surface area contributed by atoms with E-state index in [2.05, 4.69) is 15.5 Å². The van der Waals surface area contributed by atoms with Gasteiger partial charge in [-0.15, -0.1) is 10.2 Å². The molecule has 0 spiro atoms. The molecular formula is C17H17FN4O2. The lowest BCUT2D eigenvalue weighted by Gasteiger charge is -2.17. The molecule has 0 aliphatic rings. The zero-order chi connectivity index (χ0) is 17.1. The van der Waals surface area contributed by atoms with Crippen molar-refractivity contribution in [1.29, 1.82) is 0 Å². The van der Waals surface area contributed by atoms with E-state index < -0.39 is 17.8 Å². The maximum atomic E-state index is 13.9. The summed E-state index contributed by atoms with van der Waals surface area (Å²) < 4.78 is 15.7. The highest BCUT2D eigenvalue weighted by Crippen LogP contribution is 2.20. The normalized spacial score (nSPS) is 12.2. The van der Waals surface area contributed by atoms with Gasteiger partial charge in [0.05, 0.1) is 11.6 Å². The summed E-state index contributed by atoms with van der Waals surface area (Å²) in [4.78, 5) is 12.4. The van der Waals surface area contributed by atoms with Gasteiger partial charge in [-0.3, -0.25) is 9.20 Å². The number of rotatable bonds is 5. The molecular weight excluding hydrogens is 311 g/mol. The first-order valence-corrected chi connectivity index (χ1v) is 7.69. The van der Waals surface area contributed by atoms with E-state index in [1.54, 1.807) is 4.40 Å². The second kappa shape index (κ2) is 6.66. The van der Waals surface area contributed by atoms with Gasteiger partial charge in [-0.05, 0) is 30.7 Å². The molecule has 0 bridgehead atoms. The van der Waals surface area contributed by atoms with Gasteiger partial charge in [0, 0.05) is 12.3 Å². The van der Waals surface area contributed by atoms with Gasteiger partial charge in [0.25, 0.3) is 5.91 Å². The lowest BCUT2D eigenvalue weighted by molar-refractivity contribution is 0.0928. The highest BCUT2D eigenvalue weighted by Gasteiger charge is 2.22. The summed E-state index contributed by atoms with van der Waals surface area (Å²) in [6.45, 7) is 1.99. The smallest absolute Gasteiger partial charge is 0.254 e. The molecule has 7 heteroatoms. The molecule has 2 aromatic heterocycles. The van der Waals surface area contributed by atoms with E-state index in [-0.39, 0.29) is 11.3 Å². The van der Waals surface area contributed by atoms with E-state index in [4.69, 9.17) is 0 Å². The third-order valence-electron chi connectivity index (χ3n) is 3.73. The number of pyridine rings is 1. The summed E-state index contributed by atoms with van der Waals surface area (Å²) in [5.74, 6) is -0.954. The Morgan fingerprint density at radius 1 is 1.33 bits per heavy atom. The third-order valence-corrected chi connectivity index (χ3v) is 3.73. The second-order valence-corrected chi connectivity index (χ2v) is 5.47. The fourth-order valence-corrected chi connectivity index (χ4v) is 2.58. The molecule has 2 N–H and O–H groups in total. The van der Waals surface area contributed by atoms with Crippen LogP contribution in [0.5, 0.6) is 5.75 Å². The lowest BCUT2D eigenvalue weighted by Crippen LogP contribution is -2.30. The Balaban J connectivity index is 1.90. The number of amides is 1. The first-order chi connectivity index (χ1) is 11.6. The van der Waals surface area contributed by atoms with Gasteiger partial charge in [-0.1, -0.05) is 19.4 Å². The number of nitrogens with one attached hydrogen (secondary N) is 1. The number of carbonyl (C=O) groups excluding carboxylic acids is 1. The van der Waals surface area contributed by atoms with Gasteiger partial charge in [0.15, 0.2) is 11.5 Å². The Hall–Kier alpha value is -2.96. The highest BCUT2D eigenvalue weighted by molar-refractivity contribution is 5.94. The van der Waals surface area contributed by atoms with Crippen LogP contribution < -0.4 is 5.32 Å². The van der Waals surface area contributed by atoms with Gasteiger partial charge >= 0.3 is 0 Å². The number of carbonyl (C=O) groups is 1. The molecule has 1 atom stereocenters. The van der Waals surface area contributed by atoms with Crippen LogP contribution in [0.4, 0.5) is 4.39 Å². The van der Waals surface area contributed by atoms with Crippen LogP contribution in [-0.2, 0) is 0 Å². The Morgan fingerprint density at radius 3 is 2.92 bits per heavy atom. The first-order valence-electron chi connectivity index (χ1n) is 7.69. The van der Waals surface area contributed by atoms with Gasteiger partial charge in [0.1, 0.15) is 11.6 Å². The fraction of sp³-hybridized carbons (Fsp3) is 0.235. The van der Waals surface area contributed by atoms with Gasteiger partial charge in [-0.25, -0.2) is 4.39 Å². The van der Waals surface area contributed by atoms with E-state index in [0.29, 0.717) is 17.9 Å². The molecule has 1 aromatic carbocycles. The van der Waals surface area contributed by atoms with E-state index in [1.165, 1.54) is 12.1 Å². The van der Waals surface area contributed by atoms with Crippen molar-refractivity contribution in [3.63, 3.8) is 0 Å². The quantitative estimate of drug-likeness (QED) is 0.755. The number of nitrogens with zero attached hydrogens (tertiary/aromatic N) is 3. The number of phenols is 1. The predicted octanol–water partition coefficient (Wildman–Crippen LogP) is 2.85. The Morgan fingerprint density at radius 2 is 2.17 bits per heavy atom. The molecule has 24 heavy (non-hydrogen) atoms. The van der Waals surface area contributed by atoms with Crippen molar-refractivity contribution in [3.8, 4) is 5.75 Å². The van der Waals surface area contributed by atoms with Crippen LogP contribution in [0.15, 0.2) is 42.6 Å². The largest absolute Gasteiger partial charge is 0.508 e. The van der Waals surface area contributed by atoms with Gasteiger partial charge < -0.3 is 10.4 Å². The Labute approximate surface area is 138 Å². The molecule has 0 radical (unpaired) electrons. The van der Waals surface area contributed by atoms with Crippen molar-refractivity contribution < 1.29 is 14.3 Å². The van der Waals surface area contributed by atoms with Crippen LogP contribution in [0.25, 0.3) is 5.65 Å². The number of hydrogen-bond acceptors (Lipinski definition) is 4. The molecule has 2 heterocycles. The number of benzene rings is 1. The zero-order valence-corrected chi connectivity index (χ0v) is 13.1. The number of aromatic nitrogens is 3. The monoisotopic (exact) mass is 328 g/mol. The van der Waals surface area contributed by atoms with Gasteiger partial charge in [0.2, 0.25) is 0 Å². The van der Waals surface area contributed by atoms with Crippen LogP contribution in [-0.4, -0.2) is 25.6 Å². The molecule has 0 saturated heterocycles. The number of halogens is 1. The van der Waals surface area contributed by atoms with Crippen molar-refractivity contribution in [3.05, 3.63) is 59.8 Å². The topological polar surface area (TPSA) is 79.5 Å². The summed E-state index contributed by atoms with van der Waals surface area (Å²) in [5.41, 5.74) is 0.557. The Kier molecular flexibility index (Phi) is 4.41. The molecule has 3 rings (SSSR count). The van der Waals surface area contributed by atoms with E-state index in [1.807, 2.05) is 31.3 Å². The fourth-order valence-electron chi connectivity index (χ4n) is 2.58. The average molecular weight is 328 g/mol. The maximum Gasteiger partial charge on any atom is 0.254 e. The summed E-state index contributed by atoms with van der Waals surface area (Å²) >= 11 is 0. The lowest BCUT2D eigenvalue weighted by atomic mass is 10.1. The summed E-state index contributed by atoms with van der Waals surface area (Å²) in [6, 6.07) is 8.58. The maximum absolute atomic E-state index is 13.9. The minimum atomic E-state index is -0.770. The van der Waals surface area contributed by atoms with Crippen LogP contribution >= 0.6 is 0 Å². The molecule has 124 valence electrons. The highest BCUT2D eigenvalue weighted by atomic mass is 19.1. The van der Waals surface area contributed by atoms with Crippen molar-refractivity contribution in [2.24, 2.45) is 0 Å². The number of phenolic OH excluding ortho intramolecular Hbond substituents is 1. The first kappa shape index (κ1) is 15.9. The van der Waals surface area contributed by atoms with Crippen molar-refractivity contribution in [1.82, 2.24) is 19.9 Å². The molecule has 1 amide bonds. The van der Waals surface area contributed by atoms with Gasteiger partial charge in [-0.2, -0.15) is 0 Å².